The lowest BCUT2D eigenvalue weighted by molar-refractivity contribution is 0.0376. The molecule has 0 N–H and O–H groups in total. The molecule has 1 aliphatic heterocycles. The zero-order valence-electron chi connectivity index (χ0n) is 17.6. The Labute approximate surface area is 191 Å². The Morgan fingerprint density at radius 2 is 2.06 bits per heavy atom. The van der Waals surface area contributed by atoms with Crippen LogP contribution in [0.5, 0.6) is 5.75 Å². The second-order valence-electron chi connectivity index (χ2n) is 7.31. The van der Waals surface area contributed by atoms with Gasteiger partial charge in [-0.05, 0) is 43.7 Å². The Morgan fingerprint density at radius 3 is 2.84 bits per heavy atom. The molecule has 0 aliphatic carbocycles. The third-order valence-corrected chi connectivity index (χ3v) is 6.46. The summed E-state index contributed by atoms with van der Waals surface area (Å²) in [5.41, 5.74) is 1.35. The number of hydrogen-bond acceptors (Lipinski definition) is 6. The van der Waals surface area contributed by atoms with Crippen LogP contribution in [0.4, 0.5) is 5.13 Å². The number of halogens is 1. The molecule has 1 fully saturated rings. The maximum Gasteiger partial charge on any atom is 0.260 e. The Hall–Kier alpha value is -2.19. The van der Waals surface area contributed by atoms with Crippen LogP contribution in [-0.4, -0.2) is 61.8 Å². The molecule has 0 spiro atoms. The van der Waals surface area contributed by atoms with E-state index in [1.54, 1.807) is 29.2 Å². The third kappa shape index (κ3) is 5.36. The molecule has 0 atom stereocenters. The molecule has 164 valence electrons. The fraction of sp³-hybridized carbons (Fsp3) is 0.391. The first-order valence-electron chi connectivity index (χ1n) is 10.6. The fourth-order valence-corrected chi connectivity index (χ4v) is 4.84. The van der Waals surface area contributed by atoms with Crippen LogP contribution < -0.4 is 9.64 Å². The predicted molar refractivity (Wildman–Crippen MR) is 126 cm³/mol. The highest BCUT2D eigenvalue weighted by Crippen LogP contribution is 2.35. The number of rotatable bonds is 8. The first kappa shape index (κ1) is 22.0. The molecule has 8 heteroatoms. The molecule has 0 unspecified atom stereocenters. The third-order valence-electron chi connectivity index (χ3n) is 5.18. The van der Waals surface area contributed by atoms with Gasteiger partial charge in [-0.15, -0.1) is 0 Å². The van der Waals surface area contributed by atoms with Gasteiger partial charge in [0.05, 0.1) is 24.5 Å². The van der Waals surface area contributed by atoms with Gasteiger partial charge in [0.15, 0.2) is 5.13 Å². The monoisotopic (exact) mass is 459 g/mol. The van der Waals surface area contributed by atoms with Crippen molar-refractivity contribution in [3.05, 3.63) is 53.1 Å². The van der Waals surface area contributed by atoms with Crippen molar-refractivity contribution in [2.24, 2.45) is 0 Å². The standard InChI is InChI=1S/C23H26ClN3O3S/c1-2-30-19-8-4-9-20-21(19)25-23(31-20)27(11-5-10-26-12-14-29-15-13-26)22(28)17-6-3-7-18(24)16-17/h3-4,6-9,16H,2,5,10-15H2,1H3. The van der Waals surface area contributed by atoms with Gasteiger partial charge in [-0.25, -0.2) is 4.98 Å². The molecular formula is C23H26ClN3O3S. The van der Waals surface area contributed by atoms with E-state index in [2.05, 4.69) is 4.90 Å². The minimum Gasteiger partial charge on any atom is -0.492 e. The van der Waals surface area contributed by atoms with Gasteiger partial charge in [0.1, 0.15) is 11.3 Å². The van der Waals surface area contributed by atoms with Crippen molar-refractivity contribution in [2.75, 3.05) is 50.9 Å². The van der Waals surface area contributed by atoms with Crippen LogP contribution in [0.1, 0.15) is 23.7 Å². The van der Waals surface area contributed by atoms with Gasteiger partial charge in [-0.2, -0.15) is 0 Å². The number of nitrogens with zero attached hydrogens (tertiary/aromatic N) is 3. The van der Waals surface area contributed by atoms with E-state index in [-0.39, 0.29) is 5.91 Å². The first-order valence-corrected chi connectivity index (χ1v) is 11.7. The summed E-state index contributed by atoms with van der Waals surface area (Å²) in [7, 11) is 0. The zero-order valence-corrected chi connectivity index (χ0v) is 19.1. The summed E-state index contributed by atoms with van der Waals surface area (Å²) in [5, 5.41) is 1.22. The van der Waals surface area contributed by atoms with Crippen molar-refractivity contribution < 1.29 is 14.3 Å². The van der Waals surface area contributed by atoms with E-state index >= 15 is 0 Å². The maximum atomic E-state index is 13.4. The van der Waals surface area contributed by atoms with Gasteiger partial charge in [0, 0.05) is 36.8 Å². The average Bonchev–Trinajstić information content (AvgIpc) is 3.22. The van der Waals surface area contributed by atoms with E-state index in [0.717, 1.165) is 55.2 Å². The number of hydrogen-bond donors (Lipinski definition) is 0. The summed E-state index contributed by atoms with van der Waals surface area (Å²) in [4.78, 5) is 22.4. The first-order chi connectivity index (χ1) is 15.2. The van der Waals surface area contributed by atoms with Crippen molar-refractivity contribution >= 4 is 44.2 Å². The van der Waals surface area contributed by atoms with E-state index in [9.17, 15) is 4.79 Å². The SMILES string of the molecule is CCOc1cccc2sc(N(CCCN3CCOCC3)C(=O)c3cccc(Cl)c3)nc12. The predicted octanol–water partition coefficient (Wildman–Crippen LogP) is 4.72. The smallest absolute Gasteiger partial charge is 0.260 e. The normalized spacial score (nSPS) is 14.6. The van der Waals surface area contributed by atoms with Gasteiger partial charge in [-0.3, -0.25) is 14.6 Å². The number of benzene rings is 2. The molecule has 31 heavy (non-hydrogen) atoms. The molecule has 4 rings (SSSR count). The highest BCUT2D eigenvalue weighted by atomic mass is 35.5. The molecule has 2 aromatic carbocycles. The van der Waals surface area contributed by atoms with Crippen LogP contribution in [0.2, 0.25) is 5.02 Å². The number of morpholine rings is 1. The average molecular weight is 460 g/mol. The van der Waals surface area contributed by atoms with Gasteiger partial charge in [0.2, 0.25) is 0 Å². The van der Waals surface area contributed by atoms with Crippen LogP contribution >= 0.6 is 22.9 Å². The van der Waals surface area contributed by atoms with Crippen molar-refractivity contribution in [3.63, 3.8) is 0 Å². The number of anilines is 1. The van der Waals surface area contributed by atoms with Crippen molar-refractivity contribution in [2.45, 2.75) is 13.3 Å². The molecule has 2 heterocycles. The number of thiazole rings is 1. The summed E-state index contributed by atoms with van der Waals surface area (Å²) in [6.45, 7) is 7.41. The number of carbonyl (C=O) groups excluding carboxylic acids is 1. The number of fused-ring (bicyclic) bond motifs is 1. The number of ether oxygens (including phenoxy) is 2. The largest absolute Gasteiger partial charge is 0.492 e. The topological polar surface area (TPSA) is 54.9 Å². The number of amides is 1. The summed E-state index contributed by atoms with van der Waals surface area (Å²) >= 11 is 7.65. The van der Waals surface area contributed by atoms with Crippen molar-refractivity contribution in [1.82, 2.24) is 9.88 Å². The Morgan fingerprint density at radius 1 is 1.26 bits per heavy atom. The quantitative estimate of drug-likeness (QED) is 0.488. The molecule has 3 aromatic rings. The minimum atomic E-state index is -0.0958. The van der Waals surface area contributed by atoms with E-state index < -0.39 is 0 Å². The van der Waals surface area contributed by atoms with Crippen LogP contribution in [0.25, 0.3) is 10.2 Å². The second kappa shape index (κ2) is 10.4. The van der Waals surface area contributed by atoms with Crippen LogP contribution in [0.3, 0.4) is 0 Å². The molecule has 1 aromatic heterocycles. The van der Waals surface area contributed by atoms with E-state index in [1.165, 1.54) is 11.3 Å². The lowest BCUT2D eigenvalue weighted by Gasteiger charge is -2.27. The maximum absolute atomic E-state index is 13.4. The van der Waals surface area contributed by atoms with E-state index in [1.807, 2.05) is 25.1 Å². The molecule has 0 bridgehead atoms. The zero-order chi connectivity index (χ0) is 21.6. The van der Waals surface area contributed by atoms with E-state index in [0.29, 0.717) is 28.9 Å². The molecule has 0 saturated carbocycles. The summed E-state index contributed by atoms with van der Waals surface area (Å²) in [6.07, 6.45) is 0.848. The number of para-hydroxylation sites is 1. The summed E-state index contributed by atoms with van der Waals surface area (Å²) in [6, 6.07) is 12.9. The van der Waals surface area contributed by atoms with Gasteiger partial charge < -0.3 is 9.47 Å². The Bertz CT molecular complexity index is 1040. The van der Waals surface area contributed by atoms with Gasteiger partial charge >= 0.3 is 0 Å². The van der Waals surface area contributed by atoms with E-state index in [4.69, 9.17) is 26.1 Å². The fourth-order valence-electron chi connectivity index (χ4n) is 3.64. The molecule has 1 amide bonds. The highest BCUT2D eigenvalue weighted by molar-refractivity contribution is 7.22. The van der Waals surface area contributed by atoms with Crippen LogP contribution in [0.15, 0.2) is 42.5 Å². The van der Waals surface area contributed by atoms with Crippen LogP contribution in [0, 0.1) is 0 Å². The number of aromatic nitrogens is 1. The molecule has 1 saturated heterocycles. The molecule has 1 aliphatic rings. The molecule has 6 nitrogen and oxygen atoms in total. The minimum absolute atomic E-state index is 0.0958. The lowest BCUT2D eigenvalue weighted by Crippen LogP contribution is -2.39. The van der Waals surface area contributed by atoms with Crippen molar-refractivity contribution in [1.29, 1.82) is 0 Å². The molecule has 0 radical (unpaired) electrons. The second-order valence-corrected chi connectivity index (χ2v) is 8.75. The summed E-state index contributed by atoms with van der Waals surface area (Å²) in [5.74, 6) is 0.646. The highest BCUT2D eigenvalue weighted by Gasteiger charge is 2.23. The number of carbonyl (C=O) groups is 1. The Balaban J connectivity index is 1.60. The van der Waals surface area contributed by atoms with Gasteiger partial charge in [-0.1, -0.05) is 35.1 Å². The lowest BCUT2D eigenvalue weighted by atomic mass is 10.2. The van der Waals surface area contributed by atoms with Gasteiger partial charge in [0.25, 0.3) is 5.91 Å². The van der Waals surface area contributed by atoms with Crippen LogP contribution in [-0.2, 0) is 4.74 Å². The Kier molecular flexibility index (Phi) is 7.40. The van der Waals surface area contributed by atoms with Crippen molar-refractivity contribution in [3.8, 4) is 5.75 Å². The summed E-state index contributed by atoms with van der Waals surface area (Å²) < 4.78 is 12.2. The molecular weight excluding hydrogens is 434 g/mol.